The smallest absolute Gasteiger partial charge is 0.289 e. The Kier molecular flexibility index (Phi) is 7.70. The van der Waals surface area contributed by atoms with Crippen molar-refractivity contribution in [1.29, 1.82) is 0 Å². The normalized spacial score (nSPS) is 12.3. The summed E-state index contributed by atoms with van der Waals surface area (Å²) in [6.07, 6.45) is 3.13. The largest absolute Gasteiger partial charge is 0.310 e. The number of aromatic nitrogens is 1. The first kappa shape index (κ1) is 26.0. The van der Waals surface area contributed by atoms with E-state index in [1.54, 1.807) is 26.0 Å². The van der Waals surface area contributed by atoms with Gasteiger partial charge in [0.15, 0.2) is 19.7 Å². The molecule has 0 fully saturated rings. The van der Waals surface area contributed by atoms with Crippen LogP contribution in [-0.2, 0) is 19.7 Å². The Bertz CT molecular complexity index is 1510. The molecule has 1 aromatic carbocycles. The zero-order valence-electron chi connectivity index (χ0n) is 19.0. The van der Waals surface area contributed by atoms with E-state index in [2.05, 4.69) is 10.5 Å². The average Bonchev–Trinajstić information content (AvgIpc) is 3.16. The molecule has 11 nitrogen and oxygen atoms in total. The quantitative estimate of drug-likeness (QED) is 0.244. The number of hydrogen-bond acceptors (Lipinski definition) is 8. The number of carbonyl (C=O) groups excluding carboxylic acids is 1. The summed E-state index contributed by atoms with van der Waals surface area (Å²) < 4.78 is 54.0. The van der Waals surface area contributed by atoms with Crippen LogP contribution in [0, 0.1) is 10.1 Å². The topological polar surface area (TPSA) is 157 Å². The second-order valence-corrected chi connectivity index (χ2v) is 11.7. The molecule has 3 aromatic rings. The predicted octanol–water partition coefficient (Wildman–Crippen LogP) is 2.98. The van der Waals surface area contributed by atoms with E-state index in [1.165, 1.54) is 47.1 Å². The monoisotopic (exact) mass is 520 g/mol. The van der Waals surface area contributed by atoms with E-state index in [0.29, 0.717) is 5.56 Å². The number of carbonyl (C=O) groups is 1. The van der Waals surface area contributed by atoms with Crippen LogP contribution in [0.15, 0.2) is 63.6 Å². The Balaban J connectivity index is 2.13. The summed E-state index contributed by atoms with van der Waals surface area (Å²) in [5.74, 6) is -1.54. The number of benzene rings is 1. The van der Waals surface area contributed by atoms with Gasteiger partial charge in [-0.05, 0) is 42.7 Å². The molecule has 1 N–H and O–H groups in total. The van der Waals surface area contributed by atoms with Gasteiger partial charge >= 0.3 is 0 Å². The van der Waals surface area contributed by atoms with Gasteiger partial charge in [0.25, 0.3) is 11.6 Å². The first-order valence-corrected chi connectivity index (χ1v) is 14.0. The predicted molar refractivity (Wildman–Crippen MR) is 130 cm³/mol. The number of nitrogens with zero attached hydrogens (tertiary/aromatic N) is 3. The second-order valence-electron chi connectivity index (χ2n) is 7.65. The Labute approximate surface area is 202 Å². The molecule has 2 heterocycles. The lowest BCUT2D eigenvalue weighted by Crippen LogP contribution is -2.23. The molecular formula is C22H24N4O7S2. The number of rotatable bonds is 10. The van der Waals surface area contributed by atoms with Gasteiger partial charge < -0.3 is 4.40 Å². The average molecular weight is 521 g/mol. The fourth-order valence-electron chi connectivity index (χ4n) is 3.60. The van der Waals surface area contributed by atoms with Gasteiger partial charge in [0.2, 0.25) is 0 Å². The van der Waals surface area contributed by atoms with Gasteiger partial charge in [-0.2, -0.15) is 5.10 Å². The molecule has 0 aliphatic heterocycles. The van der Waals surface area contributed by atoms with Crippen LogP contribution in [0.4, 0.5) is 5.69 Å². The van der Waals surface area contributed by atoms with Crippen molar-refractivity contribution in [2.75, 3.05) is 11.5 Å². The van der Waals surface area contributed by atoms with Gasteiger partial charge in [-0.15, -0.1) is 0 Å². The van der Waals surface area contributed by atoms with E-state index >= 15 is 0 Å². The molecule has 0 aliphatic rings. The van der Waals surface area contributed by atoms with Crippen molar-refractivity contribution in [2.45, 2.75) is 36.5 Å². The van der Waals surface area contributed by atoms with Crippen LogP contribution < -0.4 is 5.43 Å². The molecular weight excluding hydrogens is 496 g/mol. The molecule has 0 saturated heterocycles. The van der Waals surface area contributed by atoms with Crippen molar-refractivity contribution in [2.24, 2.45) is 5.10 Å². The molecule has 0 radical (unpaired) electrons. The minimum Gasteiger partial charge on any atom is -0.310 e. The highest BCUT2D eigenvalue weighted by Gasteiger charge is 2.36. The number of non-ortho nitro benzene ring substituents is 1. The maximum absolute atomic E-state index is 13.2. The van der Waals surface area contributed by atoms with E-state index in [0.717, 1.165) is 0 Å². The fraction of sp³-hybridized carbons (Fsp3) is 0.273. The second kappa shape index (κ2) is 10.4. The van der Waals surface area contributed by atoms with Crippen molar-refractivity contribution in [3.8, 4) is 0 Å². The van der Waals surface area contributed by atoms with Crippen molar-refractivity contribution in [1.82, 2.24) is 9.83 Å². The molecule has 0 saturated carbocycles. The maximum Gasteiger partial charge on any atom is 0.289 e. The number of hydrogen-bond donors (Lipinski definition) is 1. The van der Waals surface area contributed by atoms with Crippen LogP contribution in [0.3, 0.4) is 0 Å². The van der Waals surface area contributed by atoms with Crippen molar-refractivity contribution in [3.05, 3.63) is 70.0 Å². The molecule has 1 amide bonds. The van der Waals surface area contributed by atoms with E-state index in [9.17, 15) is 31.7 Å². The minimum absolute atomic E-state index is 0.0835. The lowest BCUT2D eigenvalue weighted by molar-refractivity contribution is -0.384. The molecule has 0 aliphatic carbocycles. The third-order valence-corrected chi connectivity index (χ3v) is 9.10. The summed E-state index contributed by atoms with van der Waals surface area (Å²) in [7, 11) is -8.18. The third kappa shape index (κ3) is 5.41. The van der Waals surface area contributed by atoms with E-state index in [1.807, 2.05) is 0 Å². The lowest BCUT2D eigenvalue weighted by Gasteiger charge is -2.08. The summed E-state index contributed by atoms with van der Waals surface area (Å²) in [5.41, 5.74) is 2.30. The van der Waals surface area contributed by atoms with Crippen LogP contribution in [-0.4, -0.2) is 49.8 Å². The highest BCUT2D eigenvalue weighted by Crippen LogP contribution is 2.34. The molecule has 186 valence electrons. The number of hydrazone groups is 1. The van der Waals surface area contributed by atoms with Gasteiger partial charge in [-0.3, -0.25) is 14.9 Å². The Hall–Kier alpha value is -3.58. The summed E-state index contributed by atoms with van der Waals surface area (Å²) in [5, 5.41) is 14.6. The molecule has 0 spiro atoms. The van der Waals surface area contributed by atoms with Gasteiger partial charge in [0, 0.05) is 18.3 Å². The number of amides is 1. The van der Waals surface area contributed by atoms with Crippen LogP contribution in [0.5, 0.6) is 0 Å². The van der Waals surface area contributed by atoms with E-state index in [4.69, 9.17) is 0 Å². The molecule has 0 atom stereocenters. The van der Waals surface area contributed by atoms with Crippen LogP contribution in [0.1, 0.15) is 42.7 Å². The van der Waals surface area contributed by atoms with Gasteiger partial charge in [-0.1, -0.05) is 19.9 Å². The van der Waals surface area contributed by atoms with Crippen LogP contribution in [0.25, 0.3) is 5.52 Å². The first-order chi connectivity index (χ1) is 16.5. The molecule has 13 heteroatoms. The summed E-state index contributed by atoms with van der Waals surface area (Å²) in [6, 6.07) is 9.94. The molecule has 2 aromatic heterocycles. The first-order valence-electron chi connectivity index (χ1n) is 10.7. The number of nitro benzene ring substituents is 1. The Morgan fingerprint density at radius 1 is 1.00 bits per heavy atom. The highest BCUT2D eigenvalue weighted by atomic mass is 32.2. The number of pyridine rings is 1. The summed E-state index contributed by atoms with van der Waals surface area (Å²) in [6.45, 7) is 3.30. The molecule has 0 bridgehead atoms. The van der Waals surface area contributed by atoms with Gasteiger partial charge in [0.05, 0.1) is 28.2 Å². The molecule has 3 rings (SSSR count). The Morgan fingerprint density at radius 2 is 1.60 bits per heavy atom. The third-order valence-electron chi connectivity index (χ3n) is 5.02. The number of nitrogens with one attached hydrogen (secondary N) is 1. The SMILES string of the molecule is CCCS(=O)(=O)c1c(S(=O)(=O)CCC)c2ccccn2c1C(=O)N/N=C\c1ccc([N+](=O)[O-])cc1. The Morgan fingerprint density at radius 3 is 2.17 bits per heavy atom. The zero-order chi connectivity index (χ0) is 25.8. The van der Waals surface area contributed by atoms with Crippen molar-refractivity contribution in [3.63, 3.8) is 0 Å². The van der Waals surface area contributed by atoms with Crippen LogP contribution >= 0.6 is 0 Å². The standard InChI is InChI=1S/C22H24N4O7S2/c1-3-13-34(30,31)20-18-7-5-6-12-25(18)19(21(20)35(32,33)14-4-2)22(27)24-23-15-16-8-10-17(11-9-16)26(28)29/h5-12,15H,3-4,13-14H2,1-2H3,(H,24,27)/b23-15-. The van der Waals surface area contributed by atoms with E-state index < -0.39 is 40.3 Å². The number of fused-ring (bicyclic) bond motifs is 1. The summed E-state index contributed by atoms with van der Waals surface area (Å²) >= 11 is 0. The molecule has 35 heavy (non-hydrogen) atoms. The minimum atomic E-state index is -4.15. The van der Waals surface area contributed by atoms with E-state index in [-0.39, 0.29) is 41.2 Å². The fourth-order valence-corrected chi connectivity index (χ4v) is 7.58. The highest BCUT2D eigenvalue weighted by molar-refractivity contribution is 7.94. The number of nitro groups is 1. The van der Waals surface area contributed by atoms with Crippen molar-refractivity contribution < 1.29 is 26.6 Å². The van der Waals surface area contributed by atoms with Gasteiger partial charge in [-0.25, -0.2) is 22.3 Å². The maximum atomic E-state index is 13.2. The lowest BCUT2D eigenvalue weighted by atomic mass is 10.2. The summed E-state index contributed by atoms with van der Waals surface area (Å²) in [4.78, 5) is 22.5. The molecule has 0 unspecified atom stereocenters. The zero-order valence-corrected chi connectivity index (χ0v) is 20.7. The van der Waals surface area contributed by atoms with Crippen LogP contribution in [0.2, 0.25) is 0 Å². The van der Waals surface area contributed by atoms with Gasteiger partial charge in [0.1, 0.15) is 15.5 Å². The van der Waals surface area contributed by atoms with Crippen molar-refractivity contribution >= 4 is 43.0 Å². The number of sulfone groups is 2.